The highest BCUT2D eigenvalue weighted by Crippen LogP contribution is 2.38. The molecule has 1 fully saturated rings. The van der Waals surface area contributed by atoms with Crippen molar-refractivity contribution >= 4 is 11.7 Å². The smallest absolute Gasteiger partial charge is 0.223 e. The largest absolute Gasteiger partial charge is 0.489 e. The molecule has 6 nitrogen and oxygen atoms in total. The fourth-order valence-corrected chi connectivity index (χ4v) is 7.15. The molecule has 3 aromatic rings. The Hall–Kier alpha value is -3.48. The van der Waals surface area contributed by atoms with Crippen molar-refractivity contribution in [3.8, 4) is 5.75 Å². The second kappa shape index (κ2) is 15.5. The van der Waals surface area contributed by atoms with Crippen LogP contribution in [0.15, 0.2) is 78.9 Å². The first-order valence-corrected chi connectivity index (χ1v) is 16.4. The van der Waals surface area contributed by atoms with Gasteiger partial charge in [0.15, 0.2) is 0 Å². The Balaban J connectivity index is 1.28. The Morgan fingerprint density at radius 1 is 0.909 bits per heavy atom. The number of hydrogen-bond acceptors (Lipinski definition) is 5. The van der Waals surface area contributed by atoms with E-state index in [1.807, 2.05) is 78.9 Å². The fraction of sp³-hybridized carbons (Fsp3) is 0.474. The highest BCUT2D eigenvalue weighted by atomic mass is 16.5. The van der Waals surface area contributed by atoms with E-state index in [9.17, 15) is 19.8 Å². The van der Waals surface area contributed by atoms with Gasteiger partial charge in [-0.1, -0.05) is 98.8 Å². The van der Waals surface area contributed by atoms with Crippen molar-refractivity contribution in [1.82, 2.24) is 4.90 Å². The SMILES string of the molecule is CC(=O)C[C@@H](CC1CCCCC1)[C@@H](O)CCC(=O)N(Cc1ccc(OCc2ccccc2)cc1)[C@H]1c2ccccc2C[C@H]1O. The third-order valence-corrected chi connectivity index (χ3v) is 9.46. The van der Waals surface area contributed by atoms with Crippen LogP contribution in [0.4, 0.5) is 0 Å². The van der Waals surface area contributed by atoms with E-state index in [1.165, 1.54) is 19.3 Å². The standard InChI is InChI=1S/C38H47NO5/c1-27(40)22-32(23-28-10-4-2-5-11-28)35(41)20-21-37(43)39(38-34-15-9-8-14-31(34)24-36(38)42)25-29-16-18-33(19-17-29)44-26-30-12-6-3-7-13-30/h3,6-9,12-19,28,32,35-36,38,41-42H,2,4-5,10-11,20-26H2,1H3/t32-,35-,36+,38-/m0/s1. The lowest BCUT2D eigenvalue weighted by molar-refractivity contribution is -0.137. The molecule has 44 heavy (non-hydrogen) atoms. The van der Waals surface area contributed by atoms with Gasteiger partial charge in [0.05, 0.1) is 18.2 Å². The third-order valence-electron chi connectivity index (χ3n) is 9.46. The third kappa shape index (κ3) is 8.58. The molecule has 0 spiro atoms. The van der Waals surface area contributed by atoms with Gasteiger partial charge in [-0.05, 0) is 66.0 Å². The van der Waals surface area contributed by atoms with Gasteiger partial charge in [0, 0.05) is 25.8 Å². The van der Waals surface area contributed by atoms with Gasteiger partial charge < -0.3 is 24.6 Å². The zero-order valence-electron chi connectivity index (χ0n) is 25.9. The number of aliphatic hydroxyl groups excluding tert-OH is 2. The number of nitrogens with zero attached hydrogens (tertiary/aromatic N) is 1. The van der Waals surface area contributed by atoms with Crippen LogP contribution in [0.25, 0.3) is 0 Å². The number of ketones is 1. The number of carbonyl (C=O) groups excluding carboxylic acids is 2. The number of benzene rings is 3. The van der Waals surface area contributed by atoms with Gasteiger partial charge >= 0.3 is 0 Å². The second-order valence-electron chi connectivity index (χ2n) is 12.9. The van der Waals surface area contributed by atoms with Crippen molar-refractivity contribution in [1.29, 1.82) is 0 Å². The van der Waals surface area contributed by atoms with Crippen LogP contribution in [0.1, 0.15) is 93.0 Å². The summed E-state index contributed by atoms with van der Waals surface area (Å²) in [5.74, 6) is 1.14. The molecule has 2 N–H and O–H groups in total. The van der Waals surface area contributed by atoms with Crippen molar-refractivity contribution < 1.29 is 24.5 Å². The van der Waals surface area contributed by atoms with Gasteiger partial charge in [0.1, 0.15) is 18.1 Å². The van der Waals surface area contributed by atoms with E-state index >= 15 is 0 Å². The monoisotopic (exact) mass is 597 g/mol. The summed E-state index contributed by atoms with van der Waals surface area (Å²) < 4.78 is 5.96. The normalized spacial score (nSPS) is 19.6. The molecule has 0 saturated heterocycles. The molecule has 4 atom stereocenters. The molecule has 2 aliphatic carbocycles. The molecule has 0 aliphatic heterocycles. The summed E-state index contributed by atoms with van der Waals surface area (Å²) in [5.41, 5.74) is 4.06. The number of Topliss-reactive ketones (excluding diaryl/α,β-unsaturated/α-hetero) is 1. The maximum Gasteiger partial charge on any atom is 0.223 e. The Morgan fingerprint density at radius 2 is 1.61 bits per heavy atom. The summed E-state index contributed by atoms with van der Waals surface area (Å²) in [7, 11) is 0. The van der Waals surface area contributed by atoms with Gasteiger partial charge in [-0.2, -0.15) is 0 Å². The number of fused-ring (bicyclic) bond motifs is 1. The minimum atomic E-state index is -0.714. The van der Waals surface area contributed by atoms with E-state index in [0.717, 1.165) is 47.3 Å². The first kappa shape index (κ1) is 31.9. The molecule has 0 aromatic heterocycles. The lowest BCUT2D eigenvalue weighted by Crippen LogP contribution is -2.39. The molecule has 0 radical (unpaired) electrons. The van der Waals surface area contributed by atoms with Gasteiger partial charge in [0.25, 0.3) is 0 Å². The predicted molar refractivity (Wildman–Crippen MR) is 172 cm³/mol. The first-order valence-electron chi connectivity index (χ1n) is 16.4. The molecule has 2 aliphatic rings. The number of amides is 1. The van der Waals surface area contributed by atoms with E-state index in [2.05, 4.69) is 0 Å². The molecule has 0 unspecified atom stereocenters. The summed E-state index contributed by atoms with van der Waals surface area (Å²) in [4.78, 5) is 27.8. The van der Waals surface area contributed by atoms with Crippen LogP contribution in [0.5, 0.6) is 5.75 Å². The van der Waals surface area contributed by atoms with E-state index in [1.54, 1.807) is 11.8 Å². The zero-order chi connectivity index (χ0) is 30.9. The van der Waals surface area contributed by atoms with Crippen molar-refractivity contribution in [2.45, 2.75) is 103 Å². The highest BCUT2D eigenvalue weighted by Gasteiger charge is 2.38. The van der Waals surface area contributed by atoms with Crippen molar-refractivity contribution in [2.75, 3.05) is 0 Å². The predicted octanol–water partition coefficient (Wildman–Crippen LogP) is 6.96. The van der Waals surface area contributed by atoms with Crippen molar-refractivity contribution in [2.24, 2.45) is 11.8 Å². The molecule has 1 saturated carbocycles. The minimum absolute atomic E-state index is 0.0830. The van der Waals surface area contributed by atoms with E-state index in [4.69, 9.17) is 4.74 Å². The number of carbonyl (C=O) groups is 2. The Labute approximate surface area is 262 Å². The topological polar surface area (TPSA) is 87.1 Å². The molecule has 5 rings (SSSR count). The summed E-state index contributed by atoms with van der Waals surface area (Å²) >= 11 is 0. The molecule has 1 amide bonds. The summed E-state index contributed by atoms with van der Waals surface area (Å²) in [6, 6.07) is 25.3. The van der Waals surface area contributed by atoms with Gasteiger partial charge in [-0.25, -0.2) is 0 Å². The van der Waals surface area contributed by atoms with Crippen LogP contribution < -0.4 is 4.74 Å². The quantitative estimate of drug-likeness (QED) is 0.210. The van der Waals surface area contributed by atoms with E-state index in [-0.39, 0.29) is 24.0 Å². The van der Waals surface area contributed by atoms with Crippen LogP contribution >= 0.6 is 0 Å². The average molecular weight is 598 g/mol. The van der Waals surface area contributed by atoms with E-state index < -0.39 is 18.2 Å². The Morgan fingerprint density at radius 3 is 2.34 bits per heavy atom. The maximum atomic E-state index is 14.0. The molecule has 0 bridgehead atoms. The van der Waals surface area contributed by atoms with Crippen LogP contribution in [0.2, 0.25) is 0 Å². The fourth-order valence-electron chi connectivity index (χ4n) is 7.15. The van der Waals surface area contributed by atoms with Crippen LogP contribution in [-0.4, -0.2) is 39.0 Å². The second-order valence-corrected chi connectivity index (χ2v) is 12.9. The molecule has 6 heteroatoms. The van der Waals surface area contributed by atoms with Crippen LogP contribution in [0.3, 0.4) is 0 Å². The van der Waals surface area contributed by atoms with Crippen molar-refractivity contribution in [3.05, 3.63) is 101 Å². The number of hydrogen-bond donors (Lipinski definition) is 2. The molecule has 3 aromatic carbocycles. The zero-order valence-corrected chi connectivity index (χ0v) is 25.9. The number of aliphatic hydroxyl groups is 2. The van der Waals surface area contributed by atoms with Crippen LogP contribution in [0, 0.1) is 11.8 Å². The summed E-state index contributed by atoms with van der Waals surface area (Å²) in [6.07, 6.45) is 6.74. The molecule has 0 heterocycles. The number of ether oxygens (including phenoxy) is 1. The van der Waals surface area contributed by atoms with Gasteiger partial charge in [-0.3, -0.25) is 4.79 Å². The highest BCUT2D eigenvalue weighted by molar-refractivity contribution is 5.77. The molecular weight excluding hydrogens is 550 g/mol. The summed E-state index contributed by atoms with van der Waals surface area (Å²) in [5, 5.41) is 22.4. The minimum Gasteiger partial charge on any atom is -0.489 e. The molecular formula is C38H47NO5. The molecule has 234 valence electrons. The van der Waals surface area contributed by atoms with Gasteiger partial charge in [0.2, 0.25) is 5.91 Å². The Kier molecular flexibility index (Phi) is 11.2. The Bertz CT molecular complexity index is 1350. The van der Waals surface area contributed by atoms with E-state index in [0.29, 0.717) is 38.3 Å². The maximum absolute atomic E-state index is 14.0. The van der Waals surface area contributed by atoms with Crippen LogP contribution in [-0.2, 0) is 29.2 Å². The summed E-state index contributed by atoms with van der Waals surface area (Å²) in [6.45, 7) is 2.40. The number of rotatable bonds is 14. The average Bonchev–Trinajstić information content (AvgIpc) is 3.37. The lowest BCUT2D eigenvalue weighted by atomic mass is 9.79. The van der Waals surface area contributed by atoms with Crippen molar-refractivity contribution in [3.63, 3.8) is 0 Å². The lowest BCUT2D eigenvalue weighted by Gasteiger charge is -2.33. The van der Waals surface area contributed by atoms with Gasteiger partial charge in [-0.15, -0.1) is 0 Å². The first-order chi connectivity index (χ1) is 21.4.